The number of nitrogens with two attached hydrogens (primary N) is 1. The summed E-state index contributed by atoms with van der Waals surface area (Å²) >= 11 is 1.49. The SMILES string of the molecule is CCN(C)C=Nc1cc(C)c(Cc2nc(CS(=O)(=O)c3ccc(CN)cc3)cs2)cc1C.Cl.Cl. The van der Waals surface area contributed by atoms with Crippen molar-refractivity contribution in [3.63, 3.8) is 0 Å². The largest absolute Gasteiger partial charge is 0.366 e. The maximum Gasteiger partial charge on any atom is 0.184 e. The molecule has 0 bridgehead atoms. The van der Waals surface area contributed by atoms with Gasteiger partial charge in [0, 0.05) is 31.9 Å². The molecule has 0 atom stereocenters. The number of rotatable bonds is 9. The molecule has 0 aliphatic rings. The highest BCUT2D eigenvalue weighted by atomic mass is 35.5. The van der Waals surface area contributed by atoms with E-state index >= 15 is 0 Å². The number of aliphatic imine (C=N–C) groups is 1. The molecule has 0 radical (unpaired) electrons. The summed E-state index contributed by atoms with van der Waals surface area (Å²) in [7, 11) is -1.45. The molecule has 0 aliphatic heterocycles. The van der Waals surface area contributed by atoms with Crippen molar-refractivity contribution in [1.82, 2.24) is 9.88 Å². The number of hydrogen-bond donors (Lipinski definition) is 1. The number of thiazole rings is 1. The molecule has 3 aromatic rings. The summed E-state index contributed by atoms with van der Waals surface area (Å²) in [5, 5.41) is 2.74. The quantitative estimate of drug-likeness (QED) is 0.295. The molecule has 0 unspecified atom stereocenters. The van der Waals surface area contributed by atoms with Gasteiger partial charge in [0.2, 0.25) is 0 Å². The number of halogens is 2. The summed E-state index contributed by atoms with van der Waals surface area (Å²) in [6.07, 6.45) is 2.51. The topological polar surface area (TPSA) is 88.7 Å². The molecule has 0 amide bonds. The minimum atomic E-state index is -3.45. The first kappa shape index (κ1) is 30.1. The standard InChI is InChI=1S/C24H30N4O2S2.2ClH/c1-5-28(4)16-26-23-11-17(2)20(10-18(23)3)12-24-27-21(14-31-24)15-32(29,30)22-8-6-19(13-25)7-9-22;;/h6-11,14,16H,5,12-13,15,25H2,1-4H3;2*1H. The van der Waals surface area contributed by atoms with Gasteiger partial charge in [-0.2, -0.15) is 0 Å². The van der Waals surface area contributed by atoms with E-state index in [2.05, 4.69) is 42.9 Å². The first-order valence-electron chi connectivity index (χ1n) is 10.5. The predicted molar refractivity (Wildman–Crippen MR) is 147 cm³/mol. The van der Waals surface area contributed by atoms with E-state index in [1.807, 2.05) is 23.7 Å². The Morgan fingerprint density at radius 2 is 1.79 bits per heavy atom. The fourth-order valence-electron chi connectivity index (χ4n) is 3.20. The van der Waals surface area contributed by atoms with E-state index in [-0.39, 0.29) is 30.6 Å². The van der Waals surface area contributed by atoms with Crippen LogP contribution in [0.1, 0.15) is 39.9 Å². The van der Waals surface area contributed by atoms with Gasteiger partial charge in [-0.1, -0.05) is 18.2 Å². The van der Waals surface area contributed by atoms with E-state index in [1.165, 1.54) is 16.9 Å². The van der Waals surface area contributed by atoms with Crippen LogP contribution in [-0.4, -0.2) is 38.2 Å². The van der Waals surface area contributed by atoms with Crippen LogP contribution in [0.4, 0.5) is 5.69 Å². The molecule has 2 N–H and O–H groups in total. The molecule has 10 heteroatoms. The Bertz CT molecular complexity index is 1210. The Morgan fingerprint density at radius 1 is 1.12 bits per heavy atom. The molecule has 0 saturated carbocycles. The molecule has 186 valence electrons. The molecule has 1 heterocycles. The number of nitrogens with zero attached hydrogens (tertiary/aromatic N) is 3. The monoisotopic (exact) mass is 542 g/mol. The van der Waals surface area contributed by atoms with Gasteiger partial charge in [0.05, 0.1) is 33.4 Å². The fraction of sp³-hybridized carbons (Fsp3) is 0.333. The highest BCUT2D eigenvalue weighted by Gasteiger charge is 2.18. The second-order valence-corrected chi connectivity index (χ2v) is 10.8. The highest BCUT2D eigenvalue weighted by molar-refractivity contribution is 7.90. The highest BCUT2D eigenvalue weighted by Crippen LogP contribution is 2.26. The number of benzene rings is 2. The number of aromatic nitrogens is 1. The van der Waals surface area contributed by atoms with Crippen LogP contribution < -0.4 is 5.73 Å². The Hall–Kier alpha value is -1.97. The van der Waals surface area contributed by atoms with Crippen molar-refractivity contribution in [3.8, 4) is 0 Å². The lowest BCUT2D eigenvalue weighted by Gasteiger charge is -2.11. The molecule has 0 fully saturated rings. The van der Waals surface area contributed by atoms with Gasteiger partial charge in [-0.25, -0.2) is 18.4 Å². The molecule has 34 heavy (non-hydrogen) atoms. The zero-order valence-corrected chi connectivity index (χ0v) is 23.1. The molecule has 6 nitrogen and oxygen atoms in total. The van der Waals surface area contributed by atoms with E-state index in [9.17, 15) is 8.42 Å². The molecule has 0 saturated heterocycles. The van der Waals surface area contributed by atoms with E-state index in [1.54, 1.807) is 24.3 Å². The van der Waals surface area contributed by atoms with Crippen LogP contribution in [0.2, 0.25) is 0 Å². The molecule has 2 aromatic carbocycles. The minimum Gasteiger partial charge on any atom is -0.366 e. The van der Waals surface area contributed by atoms with Gasteiger partial charge in [-0.05, 0) is 61.2 Å². The van der Waals surface area contributed by atoms with Crippen LogP contribution in [0.25, 0.3) is 0 Å². The van der Waals surface area contributed by atoms with Crippen molar-refractivity contribution in [2.24, 2.45) is 10.7 Å². The van der Waals surface area contributed by atoms with Crippen molar-refractivity contribution in [3.05, 3.63) is 74.7 Å². The summed E-state index contributed by atoms with van der Waals surface area (Å²) in [4.78, 5) is 11.5. The third-order valence-corrected chi connectivity index (χ3v) is 7.91. The third kappa shape index (κ3) is 7.78. The van der Waals surface area contributed by atoms with Crippen molar-refractivity contribution in [2.45, 2.75) is 44.4 Å². The van der Waals surface area contributed by atoms with Gasteiger partial charge in [-0.3, -0.25) is 0 Å². The molecule has 0 spiro atoms. The van der Waals surface area contributed by atoms with Crippen molar-refractivity contribution < 1.29 is 8.42 Å². The van der Waals surface area contributed by atoms with Crippen LogP contribution in [0.15, 0.2) is 51.7 Å². The normalized spacial score (nSPS) is 11.2. The third-order valence-electron chi connectivity index (χ3n) is 5.34. The van der Waals surface area contributed by atoms with Crippen LogP contribution in [0, 0.1) is 13.8 Å². The average Bonchev–Trinajstić information content (AvgIpc) is 3.20. The maximum absolute atomic E-state index is 12.8. The van der Waals surface area contributed by atoms with Crippen molar-refractivity contribution in [1.29, 1.82) is 0 Å². The van der Waals surface area contributed by atoms with Crippen LogP contribution >= 0.6 is 36.2 Å². The Balaban J connectivity index is 0.00000289. The van der Waals surface area contributed by atoms with Crippen LogP contribution in [-0.2, 0) is 28.6 Å². The van der Waals surface area contributed by atoms with E-state index in [0.717, 1.165) is 33.9 Å². The van der Waals surface area contributed by atoms with E-state index in [0.29, 0.717) is 23.6 Å². The summed E-state index contributed by atoms with van der Waals surface area (Å²) in [6, 6.07) is 11.0. The number of sulfone groups is 1. The van der Waals surface area contributed by atoms with Gasteiger partial charge < -0.3 is 10.6 Å². The van der Waals surface area contributed by atoms with Gasteiger partial charge in [0.15, 0.2) is 9.84 Å². The van der Waals surface area contributed by atoms with Crippen molar-refractivity contribution in [2.75, 3.05) is 13.6 Å². The average molecular weight is 544 g/mol. The summed E-state index contributed by atoms with van der Waals surface area (Å²) in [5.41, 5.74) is 11.4. The molecular formula is C24H32Cl2N4O2S2. The predicted octanol–water partition coefficient (Wildman–Crippen LogP) is 5.24. The zero-order chi connectivity index (χ0) is 23.3. The lowest BCUT2D eigenvalue weighted by atomic mass is 10.0. The maximum atomic E-state index is 12.8. The first-order chi connectivity index (χ1) is 15.2. The van der Waals surface area contributed by atoms with Gasteiger partial charge in [-0.15, -0.1) is 36.2 Å². The molecular weight excluding hydrogens is 511 g/mol. The summed E-state index contributed by atoms with van der Waals surface area (Å²) < 4.78 is 25.5. The van der Waals surface area contributed by atoms with Gasteiger partial charge >= 0.3 is 0 Å². The zero-order valence-electron chi connectivity index (χ0n) is 19.8. The Morgan fingerprint density at radius 3 is 2.41 bits per heavy atom. The Kier molecular flexibility index (Phi) is 11.7. The second kappa shape index (κ2) is 13.2. The molecule has 1 aromatic heterocycles. The summed E-state index contributed by atoms with van der Waals surface area (Å²) in [6.45, 7) is 7.50. The summed E-state index contributed by atoms with van der Waals surface area (Å²) in [5.74, 6) is -0.109. The first-order valence-corrected chi connectivity index (χ1v) is 13.0. The molecule has 0 aliphatic carbocycles. The van der Waals surface area contributed by atoms with Gasteiger partial charge in [0.1, 0.15) is 0 Å². The van der Waals surface area contributed by atoms with Crippen LogP contribution in [0.5, 0.6) is 0 Å². The lowest BCUT2D eigenvalue weighted by molar-refractivity contribution is 0.552. The second-order valence-electron chi connectivity index (χ2n) is 7.90. The van der Waals surface area contributed by atoms with E-state index < -0.39 is 9.84 Å². The number of hydrogen-bond acceptors (Lipinski definition) is 6. The molecule has 3 rings (SSSR count). The fourth-order valence-corrected chi connectivity index (χ4v) is 5.38. The van der Waals surface area contributed by atoms with E-state index in [4.69, 9.17) is 5.73 Å². The van der Waals surface area contributed by atoms with Gasteiger partial charge in [0.25, 0.3) is 0 Å². The number of aryl methyl sites for hydroxylation is 2. The van der Waals surface area contributed by atoms with Crippen LogP contribution in [0.3, 0.4) is 0 Å². The lowest BCUT2D eigenvalue weighted by Crippen LogP contribution is -2.14. The Labute approximate surface area is 219 Å². The van der Waals surface area contributed by atoms with Crippen molar-refractivity contribution >= 4 is 58.0 Å². The minimum absolute atomic E-state index is 0. The smallest absolute Gasteiger partial charge is 0.184 e.